The topological polar surface area (TPSA) is 65.5 Å². The zero-order chi connectivity index (χ0) is 21.0. The number of amides is 3. The second kappa shape index (κ2) is 6.69. The zero-order valence-electron chi connectivity index (χ0n) is 16.4. The molecule has 0 saturated carbocycles. The van der Waals surface area contributed by atoms with Crippen molar-refractivity contribution in [1.82, 2.24) is 14.7 Å². The van der Waals surface area contributed by atoms with Crippen molar-refractivity contribution in [3.05, 3.63) is 77.2 Å². The third kappa shape index (κ3) is 2.75. The van der Waals surface area contributed by atoms with E-state index in [1.807, 2.05) is 31.2 Å². The van der Waals surface area contributed by atoms with Gasteiger partial charge < -0.3 is 9.64 Å². The van der Waals surface area contributed by atoms with E-state index in [0.29, 0.717) is 11.3 Å². The third-order valence-electron chi connectivity index (χ3n) is 5.67. The molecule has 30 heavy (non-hydrogen) atoms. The maximum atomic E-state index is 13.3. The molecule has 2 aromatic rings. The fourth-order valence-corrected chi connectivity index (χ4v) is 3.93. The lowest BCUT2D eigenvalue weighted by molar-refractivity contribution is -0.137. The van der Waals surface area contributed by atoms with Crippen LogP contribution in [0.1, 0.15) is 16.7 Å². The van der Waals surface area contributed by atoms with Gasteiger partial charge >= 0.3 is 6.03 Å². The highest BCUT2D eigenvalue weighted by Crippen LogP contribution is 2.35. The molecule has 3 heterocycles. The summed E-state index contributed by atoms with van der Waals surface area (Å²) in [4.78, 5) is 35.0. The number of hydrogen-bond acceptors (Lipinski definition) is 5. The van der Waals surface area contributed by atoms with E-state index < -0.39 is 18.2 Å². The Bertz CT molecular complexity index is 1110. The Morgan fingerprint density at radius 2 is 1.83 bits per heavy atom. The number of halogens is 1. The zero-order valence-corrected chi connectivity index (χ0v) is 16.4. The van der Waals surface area contributed by atoms with E-state index >= 15 is 0 Å². The average molecular weight is 406 g/mol. The Hall–Kier alpha value is -3.68. The minimum Gasteiger partial charge on any atom is -0.423 e. The summed E-state index contributed by atoms with van der Waals surface area (Å²) in [7, 11) is 1.63. The number of benzene rings is 2. The molecule has 0 aliphatic carbocycles. The Morgan fingerprint density at radius 3 is 2.57 bits per heavy atom. The number of nitrogens with zero attached hydrogens (tertiary/aromatic N) is 4. The molecule has 0 radical (unpaired) electrons. The third-order valence-corrected chi connectivity index (χ3v) is 5.67. The first-order valence-electron chi connectivity index (χ1n) is 9.58. The molecule has 0 spiro atoms. The van der Waals surface area contributed by atoms with Crippen molar-refractivity contribution in [2.75, 3.05) is 7.05 Å². The molecule has 3 amide bonds. The van der Waals surface area contributed by atoms with Crippen molar-refractivity contribution < 1.29 is 18.7 Å². The van der Waals surface area contributed by atoms with Gasteiger partial charge in [0.05, 0.1) is 12.7 Å². The van der Waals surface area contributed by atoms with Gasteiger partial charge in [0.25, 0.3) is 11.9 Å². The molecule has 3 aliphatic heterocycles. The summed E-state index contributed by atoms with van der Waals surface area (Å²) in [6, 6.07) is 12.7. The van der Waals surface area contributed by atoms with Crippen molar-refractivity contribution in [2.45, 2.75) is 25.7 Å². The monoisotopic (exact) mass is 406 g/mol. The SMILES string of the molecule is Cc1ccccc1CN1C(=O)C2C(N=C3OC(c4ccc(F)cc4)=CN32)N(C)C1=O. The van der Waals surface area contributed by atoms with Crippen LogP contribution in [0.5, 0.6) is 0 Å². The van der Waals surface area contributed by atoms with Crippen LogP contribution in [0.15, 0.2) is 59.7 Å². The van der Waals surface area contributed by atoms with Crippen LogP contribution in [0.4, 0.5) is 9.18 Å². The number of urea groups is 1. The van der Waals surface area contributed by atoms with Gasteiger partial charge in [-0.25, -0.2) is 14.2 Å². The lowest BCUT2D eigenvalue weighted by Gasteiger charge is -2.40. The smallest absolute Gasteiger partial charge is 0.328 e. The van der Waals surface area contributed by atoms with Crippen molar-refractivity contribution in [3.63, 3.8) is 0 Å². The number of amidine groups is 1. The van der Waals surface area contributed by atoms with E-state index in [0.717, 1.165) is 11.1 Å². The van der Waals surface area contributed by atoms with Crippen LogP contribution in [0.25, 0.3) is 5.76 Å². The largest absolute Gasteiger partial charge is 0.423 e. The van der Waals surface area contributed by atoms with E-state index in [1.165, 1.54) is 21.9 Å². The Balaban J connectivity index is 1.45. The van der Waals surface area contributed by atoms with Gasteiger partial charge in [-0.1, -0.05) is 24.3 Å². The first-order valence-corrected chi connectivity index (χ1v) is 9.58. The first kappa shape index (κ1) is 18.4. The van der Waals surface area contributed by atoms with Crippen LogP contribution < -0.4 is 0 Å². The van der Waals surface area contributed by atoms with Crippen LogP contribution >= 0.6 is 0 Å². The summed E-state index contributed by atoms with van der Waals surface area (Å²) >= 11 is 0. The van der Waals surface area contributed by atoms with Crippen molar-refractivity contribution in [2.24, 2.45) is 4.99 Å². The molecule has 1 fully saturated rings. The highest BCUT2D eigenvalue weighted by atomic mass is 19.1. The van der Waals surface area contributed by atoms with Gasteiger partial charge in [-0.15, -0.1) is 0 Å². The Kier molecular flexibility index (Phi) is 4.09. The summed E-state index contributed by atoms with van der Waals surface area (Å²) in [5.74, 6) is -0.194. The van der Waals surface area contributed by atoms with E-state index in [4.69, 9.17) is 4.74 Å². The molecule has 7 nitrogen and oxygen atoms in total. The number of aliphatic imine (C=N–C) groups is 1. The predicted octanol–water partition coefficient (Wildman–Crippen LogP) is 2.92. The van der Waals surface area contributed by atoms with Crippen LogP contribution in [-0.4, -0.2) is 51.9 Å². The minimum atomic E-state index is -0.704. The second-order valence-corrected chi connectivity index (χ2v) is 7.52. The molecule has 0 aromatic heterocycles. The Morgan fingerprint density at radius 1 is 1.10 bits per heavy atom. The van der Waals surface area contributed by atoms with Gasteiger partial charge in [-0.3, -0.25) is 14.6 Å². The average Bonchev–Trinajstić information content (AvgIpc) is 3.29. The second-order valence-electron chi connectivity index (χ2n) is 7.52. The highest BCUT2D eigenvalue weighted by Gasteiger charge is 2.54. The van der Waals surface area contributed by atoms with Gasteiger partial charge in [-0.2, -0.15) is 0 Å². The van der Waals surface area contributed by atoms with Gasteiger partial charge in [-0.05, 0) is 42.3 Å². The number of rotatable bonds is 3. The molecule has 2 aromatic carbocycles. The molecule has 0 bridgehead atoms. The summed E-state index contributed by atoms with van der Waals surface area (Å²) in [5, 5.41) is 0. The number of ether oxygens (including phenoxy) is 1. The summed E-state index contributed by atoms with van der Waals surface area (Å²) in [5.41, 5.74) is 2.59. The van der Waals surface area contributed by atoms with Crippen molar-refractivity contribution >= 4 is 23.7 Å². The van der Waals surface area contributed by atoms with Gasteiger partial charge in [0.15, 0.2) is 18.0 Å². The molecule has 152 valence electrons. The molecule has 8 heteroatoms. The van der Waals surface area contributed by atoms with Crippen LogP contribution in [0.2, 0.25) is 0 Å². The summed E-state index contributed by atoms with van der Waals surface area (Å²) in [6.07, 6.45) is 1.03. The first-order chi connectivity index (χ1) is 14.4. The maximum Gasteiger partial charge on any atom is 0.328 e. The summed E-state index contributed by atoms with van der Waals surface area (Å²) < 4.78 is 19.0. The van der Waals surface area contributed by atoms with Crippen molar-refractivity contribution in [1.29, 1.82) is 0 Å². The fourth-order valence-electron chi connectivity index (χ4n) is 3.93. The lowest BCUT2D eigenvalue weighted by Crippen LogP contribution is -2.63. The van der Waals surface area contributed by atoms with E-state index in [2.05, 4.69) is 4.99 Å². The van der Waals surface area contributed by atoms with Crippen molar-refractivity contribution in [3.8, 4) is 0 Å². The van der Waals surface area contributed by atoms with Crippen LogP contribution in [-0.2, 0) is 16.1 Å². The number of aryl methyl sites for hydroxylation is 1. The van der Waals surface area contributed by atoms with Gasteiger partial charge in [0, 0.05) is 12.6 Å². The quantitative estimate of drug-likeness (QED) is 0.786. The van der Waals surface area contributed by atoms with Gasteiger partial charge in [0.1, 0.15) is 5.82 Å². The molecule has 3 aliphatic rings. The molecular formula is C22H19FN4O3. The number of carbonyl (C=O) groups is 2. The summed E-state index contributed by atoms with van der Waals surface area (Å²) in [6.45, 7) is 2.14. The van der Waals surface area contributed by atoms with E-state index in [-0.39, 0.29) is 24.3 Å². The molecule has 5 rings (SSSR count). The van der Waals surface area contributed by atoms with Crippen LogP contribution in [0.3, 0.4) is 0 Å². The minimum absolute atomic E-state index is 0.191. The van der Waals surface area contributed by atoms with Gasteiger partial charge in [0.2, 0.25) is 0 Å². The number of likely N-dealkylation sites (N-methyl/N-ethyl adjacent to an activating group) is 1. The number of hydrogen-bond donors (Lipinski definition) is 0. The molecular weight excluding hydrogens is 387 g/mol. The maximum absolute atomic E-state index is 13.3. The molecule has 2 atom stereocenters. The number of fused-ring (bicyclic) bond motifs is 3. The normalized spacial score (nSPS) is 22.6. The standard InChI is InChI=1S/C22H19FN4O3/c1-13-5-3-4-6-15(13)11-27-20(28)18-19(25(2)22(27)29)24-21-26(18)12-17(30-21)14-7-9-16(23)10-8-14/h3-10,12,18-19H,11H2,1-2H3. The predicted molar refractivity (Wildman–Crippen MR) is 107 cm³/mol. The lowest BCUT2D eigenvalue weighted by atomic mass is 10.1. The van der Waals surface area contributed by atoms with Crippen LogP contribution in [0, 0.1) is 12.7 Å². The fraction of sp³-hybridized carbons (Fsp3) is 0.227. The van der Waals surface area contributed by atoms with E-state index in [9.17, 15) is 14.0 Å². The molecule has 1 saturated heterocycles. The molecule has 2 unspecified atom stereocenters. The van der Waals surface area contributed by atoms with E-state index in [1.54, 1.807) is 30.3 Å². The Labute approximate surface area is 172 Å². The highest BCUT2D eigenvalue weighted by molar-refractivity contribution is 6.04. The number of carbonyl (C=O) groups excluding carboxylic acids is 2. The number of imide groups is 1. The molecule has 0 N–H and O–H groups in total.